The second kappa shape index (κ2) is 3.58. The standard InChI is InChI=1S/C8H8BrNO2/c9-4-6-2-1-5(8(11)12)3-7(6)10/h1-3H,4,10H2,(H,11,12). The van der Waals surface area contributed by atoms with E-state index in [-0.39, 0.29) is 5.56 Å². The third kappa shape index (κ3) is 1.76. The number of hydrogen-bond donors (Lipinski definition) is 2. The monoisotopic (exact) mass is 229 g/mol. The highest BCUT2D eigenvalue weighted by molar-refractivity contribution is 9.08. The second-order valence-corrected chi connectivity index (χ2v) is 2.91. The van der Waals surface area contributed by atoms with E-state index in [1.807, 2.05) is 0 Å². The fraction of sp³-hybridized carbons (Fsp3) is 0.125. The summed E-state index contributed by atoms with van der Waals surface area (Å²) in [5.41, 5.74) is 7.21. The number of nitrogen functional groups attached to an aromatic ring is 1. The van der Waals surface area contributed by atoms with Gasteiger partial charge in [-0.05, 0) is 17.7 Å². The average molecular weight is 230 g/mol. The van der Waals surface area contributed by atoms with Gasteiger partial charge in [0.1, 0.15) is 0 Å². The predicted molar refractivity (Wildman–Crippen MR) is 50.4 cm³/mol. The Hall–Kier alpha value is -1.03. The van der Waals surface area contributed by atoms with Crippen molar-refractivity contribution in [1.29, 1.82) is 0 Å². The Labute approximate surface area is 78.3 Å². The number of nitrogens with two attached hydrogens (primary N) is 1. The van der Waals surface area contributed by atoms with E-state index in [0.29, 0.717) is 11.0 Å². The average Bonchev–Trinajstić information content (AvgIpc) is 2.04. The van der Waals surface area contributed by atoms with Crippen molar-refractivity contribution in [3.05, 3.63) is 29.3 Å². The van der Waals surface area contributed by atoms with Gasteiger partial charge in [-0.25, -0.2) is 4.79 Å². The molecule has 0 unspecified atom stereocenters. The molecule has 0 heterocycles. The van der Waals surface area contributed by atoms with Gasteiger partial charge < -0.3 is 10.8 Å². The molecule has 0 spiro atoms. The Balaban J connectivity index is 3.10. The molecule has 4 heteroatoms. The number of aromatic carboxylic acids is 1. The minimum Gasteiger partial charge on any atom is -0.478 e. The summed E-state index contributed by atoms with van der Waals surface area (Å²) in [5.74, 6) is -0.956. The minimum atomic E-state index is -0.956. The second-order valence-electron chi connectivity index (χ2n) is 2.35. The lowest BCUT2D eigenvalue weighted by Crippen LogP contribution is -1.99. The third-order valence-corrected chi connectivity index (χ3v) is 2.14. The van der Waals surface area contributed by atoms with Gasteiger partial charge in [0.05, 0.1) is 5.56 Å². The Morgan fingerprint density at radius 2 is 2.25 bits per heavy atom. The Morgan fingerprint density at radius 3 is 2.67 bits per heavy atom. The lowest BCUT2D eigenvalue weighted by atomic mass is 10.1. The van der Waals surface area contributed by atoms with Gasteiger partial charge in [0, 0.05) is 11.0 Å². The van der Waals surface area contributed by atoms with E-state index in [1.165, 1.54) is 12.1 Å². The van der Waals surface area contributed by atoms with Crippen LogP contribution in [0.1, 0.15) is 15.9 Å². The van der Waals surface area contributed by atoms with Crippen LogP contribution in [0.25, 0.3) is 0 Å². The highest BCUT2D eigenvalue weighted by Crippen LogP contribution is 2.16. The molecule has 1 rings (SSSR count). The number of hydrogen-bond acceptors (Lipinski definition) is 2. The number of benzene rings is 1. The van der Waals surface area contributed by atoms with Crippen LogP contribution < -0.4 is 5.73 Å². The summed E-state index contributed by atoms with van der Waals surface area (Å²) in [4.78, 5) is 10.5. The zero-order chi connectivity index (χ0) is 9.14. The maximum absolute atomic E-state index is 10.5. The van der Waals surface area contributed by atoms with Gasteiger partial charge in [-0.15, -0.1) is 0 Å². The molecule has 0 radical (unpaired) electrons. The van der Waals surface area contributed by atoms with E-state index in [4.69, 9.17) is 10.8 Å². The summed E-state index contributed by atoms with van der Waals surface area (Å²) < 4.78 is 0. The van der Waals surface area contributed by atoms with Crippen LogP contribution in [0, 0.1) is 0 Å². The minimum absolute atomic E-state index is 0.220. The predicted octanol–water partition coefficient (Wildman–Crippen LogP) is 1.86. The number of halogens is 1. The molecule has 1 aromatic carbocycles. The molecule has 12 heavy (non-hydrogen) atoms. The molecular weight excluding hydrogens is 222 g/mol. The van der Waals surface area contributed by atoms with Gasteiger partial charge in [0.2, 0.25) is 0 Å². The van der Waals surface area contributed by atoms with E-state index >= 15 is 0 Å². The van der Waals surface area contributed by atoms with E-state index < -0.39 is 5.97 Å². The van der Waals surface area contributed by atoms with Crippen LogP contribution in [0.4, 0.5) is 5.69 Å². The Bertz CT molecular complexity index is 312. The van der Waals surface area contributed by atoms with Crippen LogP contribution in [0.2, 0.25) is 0 Å². The maximum atomic E-state index is 10.5. The molecule has 0 aliphatic heterocycles. The summed E-state index contributed by atoms with van der Waals surface area (Å²) in [6, 6.07) is 4.70. The normalized spacial score (nSPS) is 9.75. The zero-order valence-electron chi connectivity index (χ0n) is 6.25. The van der Waals surface area contributed by atoms with Crippen molar-refractivity contribution in [2.75, 3.05) is 5.73 Å². The molecule has 0 bridgehead atoms. The maximum Gasteiger partial charge on any atom is 0.335 e. The van der Waals surface area contributed by atoms with Crippen LogP contribution in [-0.4, -0.2) is 11.1 Å². The van der Waals surface area contributed by atoms with E-state index in [1.54, 1.807) is 6.07 Å². The Kier molecular flexibility index (Phi) is 2.70. The number of carboxylic acids is 1. The van der Waals surface area contributed by atoms with Crippen LogP contribution in [0.5, 0.6) is 0 Å². The summed E-state index contributed by atoms with van der Waals surface area (Å²) in [5, 5.41) is 9.24. The van der Waals surface area contributed by atoms with Crippen molar-refractivity contribution in [2.45, 2.75) is 5.33 Å². The van der Waals surface area contributed by atoms with Crippen LogP contribution in [-0.2, 0) is 5.33 Å². The third-order valence-electron chi connectivity index (χ3n) is 1.54. The fourth-order valence-electron chi connectivity index (χ4n) is 0.850. The quantitative estimate of drug-likeness (QED) is 0.602. The van der Waals surface area contributed by atoms with Crippen LogP contribution in [0.15, 0.2) is 18.2 Å². The van der Waals surface area contributed by atoms with E-state index in [0.717, 1.165) is 5.56 Å². The SMILES string of the molecule is Nc1cc(C(=O)O)ccc1CBr. The molecule has 3 N–H and O–H groups in total. The zero-order valence-corrected chi connectivity index (χ0v) is 7.84. The molecule has 0 aliphatic rings. The summed E-state index contributed by atoms with van der Waals surface area (Å²) >= 11 is 3.24. The molecule has 0 fully saturated rings. The van der Waals surface area contributed by atoms with Crippen molar-refractivity contribution in [2.24, 2.45) is 0 Å². The van der Waals surface area contributed by atoms with Crippen LogP contribution >= 0.6 is 15.9 Å². The van der Waals surface area contributed by atoms with Crippen molar-refractivity contribution in [3.63, 3.8) is 0 Å². The van der Waals surface area contributed by atoms with Gasteiger partial charge in [-0.3, -0.25) is 0 Å². The lowest BCUT2D eigenvalue weighted by molar-refractivity contribution is 0.0697. The largest absolute Gasteiger partial charge is 0.478 e. The number of alkyl halides is 1. The Morgan fingerprint density at radius 1 is 1.58 bits per heavy atom. The molecule has 0 amide bonds. The van der Waals surface area contributed by atoms with Gasteiger partial charge >= 0.3 is 5.97 Å². The molecule has 0 aromatic heterocycles. The molecule has 64 valence electrons. The summed E-state index contributed by atoms with van der Waals surface area (Å²) in [6.07, 6.45) is 0. The first-order chi connectivity index (χ1) is 5.65. The smallest absolute Gasteiger partial charge is 0.335 e. The van der Waals surface area contributed by atoms with E-state index in [9.17, 15) is 4.79 Å². The molecule has 0 atom stereocenters. The molecule has 3 nitrogen and oxygen atoms in total. The van der Waals surface area contributed by atoms with Crippen molar-refractivity contribution in [3.8, 4) is 0 Å². The highest BCUT2D eigenvalue weighted by Gasteiger charge is 2.04. The summed E-state index contributed by atoms with van der Waals surface area (Å²) in [6.45, 7) is 0. The molecule has 0 aliphatic carbocycles. The highest BCUT2D eigenvalue weighted by atomic mass is 79.9. The molecule has 1 aromatic rings. The molecule has 0 saturated heterocycles. The van der Waals surface area contributed by atoms with Crippen molar-refractivity contribution >= 4 is 27.6 Å². The van der Waals surface area contributed by atoms with Gasteiger partial charge in [-0.1, -0.05) is 22.0 Å². The van der Waals surface area contributed by atoms with Gasteiger partial charge in [-0.2, -0.15) is 0 Å². The topological polar surface area (TPSA) is 63.3 Å². The van der Waals surface area contributed by atoms with Crippen molar-refractivity contribution < 1.29 is 9.90 Å². The number of carbonyl (C=O) groups is 1. The molecule has 0 saturated carbocycles. The number of carboxylic acid groups (broad SMARTS) is 1. The van der Waals surface area contributed by atoms with E-state index in [2.05, 4.69) is 15.9 Å². The first kappa shape index (κ1) is 9.06. The van der Waals surface area contributed by atoms with Gasteiger partial charge in [0.15, 0.2) is 0 Å². The summed E-state index contributed by atoms with van der Waals surface area (Å²) in [7, 11) is 0. The van der Waals surface area contributed by atoms with Crippen molar-refractivity contribution in [1.82, 2.24) is 0 Å². The van der Waals surface area contributed by atoms with Gasteiger partial charge in [0.25, 0.3) is 0 Å². The fourth-order valence-corrected chi connectivity index (χ4v) is 1.36. The lowest BCUT2D eigenvalue weighted by Gasteiger charge is -2.02. The number of anilines is 1. The number of rotatable bonds is 2. The van der Waals surface area contributed by atoms with Crippen LogP contribution in [0.3, 0.4) is 0 Å². The first-order valence-corrected chi connectivity index (χ1v) is 4.45. The molecular formula is C8H8BrNO2. The first-order valence-electron chi connectivity index (χ1n) is 3.33.